The number of hydrogen-bond acceptors (Lipinski definition) is 4. The molecule has 21 heavy (non-hydrogen) atoms. The van der Waals surface area contributed by atoms with Crippen LogP contribution in [0.1, 0.15) is 12.0 Å². The van der Waals surface area contributed by atoms with Crippen molar-refractivity contribution in [1.82, 2.24) is 4.90 Å². The molecule has 114 valence electrons. The number of ether oxygens (including phenoxy) is 2. The first-order valence-electron chi connectivity index (χ1n) is 6.74. The Kier molecular flexibility index (Phi) is 5.76. The summed E-state index contributed by atoms with van der Waals surface area (Å²) in [6.07, 6.45) is -0.0820. The van der Waals surface area contributed by atoms with E-state index < -0.39 is 12.1 Å². The number of carbonyl (C=O) groups excluding carboxylic acids is 2. The third kappa shape index (κ3) is 4.04. The molecule has 0 aromatic heterocycles. The van der Waals surface area contributed by atoms with Gasteiger partial charge in [-0.2, -0.15) is 0 Å². The molecule has 0 spiro atoms. The van der Waals surface area contributed by atoms with E-state index in [2.05, 4.69) is 15.9 Å². The van der Waals surface area contributed by atoms with E-state index in [1.54, 1.807) is 7.11 Å². The lowest BCUT2D eigenvalue weighted by molar-refractivity contribution is -0.120. The number of amides is 1. The zero-order chi connectivity index (χ0) is 15.2. The SMILES string of the molecule is COC1CC(C(=O)CBr)N(C(=O)OCc2ccccc2)C1. The highest BCUT2D eigenvalue weighted by atomic mass is 79.9. The van der Waals surface area contributed by atoms with Crippen molar-refractivity contribution < 1.29 is 19.1 Å². The normalized spacial score (nSPS) is 21.3. The first-order chi connectivity index (χ1) is 10.2. The molecule has 0 N–H and O–H groups in total. The van der Waals surface area contributed by atoms with Crippen molar-refractivity contribution >= 4 is 27.8 Å². The summed E-state index contributed by atoms with van der Waals surface area (Å²) >= 11 is 3.15. The second-order valence-corrected chi connectivity index (χ2v) is 5.46. The van der Waals surface area contributed by atoms with Gasteiger partial charge < -0.3 is 9.47 Å². The van der Waals surface area contributed by atoms with Crippen LogP contribution in [0.25, 0.3) is 0 Å². The van der Waals surface area contributed by atoms with Gasteiger partial charge in [0.1, 0.15) is 6.61 Å². The fourth-order valence-electron chi connectivity index (χ4n) is 2.37. The Labute approximate surface area is 132 Å². The lowest BCUT2D eigenvalue weighted by Gasteiger charge is -2.22. The third-order valence-electron chi connectivity index (χ3n) is 3.54. The maximum absolute atomic E-state index is 12.2. The number of carbonyl (C=O) groups is 2. The average molecular weight is 356 g/mol. The average Bonchev–Trinajstić information content (AvgIpc) is 2.97. The minimum Gasteiger partial charge on any atom is -0.445 e. The van der Waals surface area contributed by atoms with Crippen LogP contribution in [0.3, 0.4) is 0 Å². The summed E-state index contributed by atoms with van der Waals surface area (Å²) in [5.74, 6) is -0.0359. The van der Waals surface area contributed by atoms with Crippen molar-refractivity contribution in [2.24, 2.45) is 0 Å². The highest BCUT2D eigenvalue weighted by molar-refractivity contribution is 9.09. The molecule has 1 saturated heterocycles. The topological polar surface area (TPSA) is 55.8 Å². The maximum Gasteiger partial charge on any atom is 0.410 e. The molecular formula is C15H18BrNO4. The molecule has 1 aliphatic rings. The largest absolute Gasteiger partial charge is 0.445 e. The Hall–Kier alpha value is -1.40. The maximum atomic E-state index is 12.2. The van der Waals surface area contributed by atoms with Crippen molar-refractivity contribution in [1.29, 1.82) is 0 Å². The van der Waals surface area contributed by atoms with E-state index >= 15 is 0 Å². The van der Waals surface area contributed by atoms with Crippen molar-refractivity contribution in [3.63, 3.8) is 0 Å². The molecule has 1 aliphatic heterocycles. The van der Waals surface area contributed by atoms with Crippen molar-refractivity contribution in [3.8, 4) is 0 Å². The van der Waals surface area contributed by atoms with Gasteiger partial charge in [0.05, 0.1) is 24.0 Å². The minimum atomic E-state index is -0.474. The molecule has 0 radical (unpaired) electrons. The van der Waals surface area contributed by atoms with Crippen molar-refractivity contribution in [2.75, 3.05) is 19.0 Å². The summed E-state index contributed by atoms with van der Waals surface area (Å²) in [6, 6.07) is 8.97. The van der Waals surface area contributed by atoms with E-state index in [1.807, 2.05) is 30.3 Å². The van der Waals surface area contributed by atoms with Gasteiger partial charge in [-0.1, -0.05) is 46.3 Å². The molecule has 1 amide bonds. The Morgan fingerprint density at radius 3 is 2.67 bits per heavy atom. The predicted molar refractivity (Wildman–Crippen MR) is 81.3 cm³/mol. The minimum absolute atomic E-state index is 0.0359. The number of alkyl halides is 1. The molecule has 2 unspecified atom stereocenters. The molecule has 5 nitrogen and oxygen atoms in total. The fourth-order valence-corrected chi connectivity index (χ4v) is 2.74. The summed E-state index contributed by atoms with van der Waals surface area (Å²) in [6.45, 7) is 0.580. The summed E-state index contributed by atoms with van der Waals surface area (Å²) in [4.78, 5) is 25.6. The van der Waals surface area contributed by atoms with Gasteiger partial charge in [0.15, 0.2) is 5.78 Å². The summed E-state index contributed by atoms with van der Waals surface area (Å²) < 4.78 is 10.6. The smallest absolute Gasteiger partial charge is 0.410 e. The standard InChI is InChI=1S/C15H18BrNO4/c1-20-12-7-13(14(18)8-16)17(9-12)15(19)21-10-11-5-3-2-4-6-11/h2-6,12-13H,7-10H2,1H3. The van der Waals surface area contributed by atoms with E-state index in [0.29, 0.717) is 13.0 Å². The van der Waals surface area contributed by atoms with Crippen LogP contribution in [-0.2, 0) is 20.9 Å². The van der Waals surface area contributed by atoms with Gasteiger partial charge in [0.2, 0.25) is 0 Å². The number of hydrogen-bond donors (Lipinski definition) is 0. The van der Waals surface area contributed by atoms with Crippen LogP contribution in [0.4, 0.5) is 4.79 Å². The monoisotopic (exact) mass is 355 g/mol. The number of ketones is 1. The van der Waals surface area contributed by atoms with Crippen LogP contribution < -0.4 is 0 Å². The van der Waals surface area contributed by atoms with E-state index in [-0.39, 0.29) is 23.8 Å². The number of rotatable bonds is 5. The lowest BCUT2D eigenvalue weighted by Crippen LogP contribution is -2.41. The van der Waals surface area contributed by atoms with E-state index in [4.69, 9.17) is 9.47 Å². The first-order valence-corrected chi connectivity index (χ1v) is 7.86. The van der Waals surface area contributed by atoms with Crippen LogP contribution in [-0.4, -0.2) is 47.9 Å². The van der Waals surface area contributed by atoms with Gasteiger partial charge in [0, 0.05) is 13.5 Å². The Morgan fingerprint density at radius 2 is 2.05 bits per heavy atom. The number of methoxy groups -OCH3 is 1. The number of likely N-dealkylation sites (tertiary alicyclic amines) is 1. The van der Waals surface area contributed by atoms with E-state index in [0.717, 1.165) is 5.56 Å². The molecular weight excluding hydrogens is 338 g/mol. The lowest BCUT2D eigenvalue weighted by atomic mass is 10.1. The highest BCUT2D eigenvalue weighted by Crippen LogP contribution is 2.22. The van der Waals surface area contributed by atoms with Crippen LogP contribution in [0.15, 0.2) is 30.3 Å². The number of halogens is 1. The Balaban J connectivity index is 1.97. The summed E-state index contributed by atoms with van der Waals surface area (Å²) in [5.41, 5.74) is 0.914. The molecule has 2 rings (SSSR count). The van der Waals surface area contributed by atoms with Crippen LogP contribution >= 0.6 is 15.9 Å². The highest BCUT2D eigenvalue weighted by Gasteiger charge is 2.39. The number of Topliss-reactive ketones (excluding diaryl/α,β-unsaturated/α-hetero) is 1. The van der Waals surface area contributed by atoms with Gasteiger partial charge in [-0.05, 0) is 5.56 Å². The van der Waals surface area contributed by atoms with Gasteiger partial charge in [-0.15, -0.1) is 0 Å². The third-order valence-corrected chi connectivity index (χ3v) is 4.09. The fraction of sp³-hybridized carbons (Fsp3) is 0.467. The van der Waals surface area contributed by atoms with E-state index in [9.17, 15) is 9.59 Å². The summed E-state index contributed by atoms with van der Waals surface area (Å²) in [5, 5.41) is 0.219. The molecule has 2 atom stereocenters. The van der Waals surface area contributed by atoms with Gasteiger partial charge >= 0.3 is 6.09 Å². The predicted octanol–water partition coefficient (Wildman–Crippen LogP) is 2.38. The van der Waals surface area contributed by atoms with Gasteiger partial charge in [-0.3, -0.25) is 9.69 Å². The zero-order valence-corrected chi connectivity index (χ0v) is 13.4. The second kappa shape index (κ2) is 7.56. The molecule has 1 aromatic carbocycles. The van der Waals surface area contributed by atoms with Crippen LogP contribution in [0.5, 0.6) is 0 Å². The van der Waals surface area contributed by atoms with Crippen molar-refractivity contribution in [2.45, 2.75) is 25.2 Å². The molecule has 0 bridgehead atoms. The number of nitrogens with zero attached hydrogens (tertiary/aromatic N) is 1. The first kappa shape index (κ1) is 16.0. The molecule has 6 heteroatoms. The quantitative estimate of drug-likeness (QED) is 0.761. The zero-order valence-electron chi connectivity index (χ0n) is 11.8. The van der Waals surface area contributed by atoms with Crippen LogP contribution in [0.2, 0.25) is 0 Å². The molecule has 0 aliphatic carbocycles. The van der Waals surface area contributed by atoms with Crippen molar-refractivity contribution in [3.05, 3.63) is 35.9 Å². The van der Waals surface area contributed by atoms with Crippen LogP contribution in [0, 0.1) is 0 Å². The van der Waals surface area contributed by atoms with E-state index in [1.165, 1.54) is 4.90 Å². The molecule has 1 aromatic rings. The number of benzene rings is 1. The second-order valence-electron chi connectivity index (χ2n) is 4.90. The van der Waals surface area contributed by atoms with Gasteiger partial charge in [0.25, 0.3) is 0 Å². The molecule has 0 saturated carbocycles. The molecule has 1 fully saturated rings. The van der Waals surface area contributed by atoms with Gasteiger partial charge in [-0.25, -0.2) is 4.79 Å². The summed E-state index contributed by atoms with van der Waals surface area (Å²) in [7, 11) is 1.58. The Morgan fingerprint density at radius 1 is 1.33 bits per heavy atom. The molecule has 1 heterocycles. The Bertz CT molecular complexity index is 494.